The van der Waals surface area contributed by atoms with E-state index in [1.807, 2.05) is 6.92 Å². The molecule has 0 radical (unpaired) electrons. The molecule has 0 rings (SSSR count). The molecule has 2 atom stereocenters. The predicted molar refractivity (Wildman–Crippen MR) is 75.5 cm³/mol. The molecule has 4 heteroatoms. The molecule has 18 heavy (non-hydrogen) atoms. The van der Waals surface area contributed by atoms with Crippen LogP contribution in [0.5, 0.6) is 0 Å². The van der Waals surface area contributed by atoms with Gasteiger partial charge >= 0.3 is 0 Å². The molecule has 0 heterocycles. The van der Waals surface area contributed by atoms with Crippen molar-refractivity contribution < 1.29 is 4.74 Å². The van der Waals surface area contributed by atoms with E-state index in [0.29, 0.717) is 6.04 Å². The van der Waals surface area contributed by atoms with Gasteiger partial charge in [-0.25, -0.2) is 0 Å². The number of nitrogens with one attached hydrogen (secondary N) is 1. The molecule has 0 aliphatic heterocycles. The highest BCUT2D eigenvalue weighted by Crippen LogP contribution is 2.15. The lowest BCUT2D eigenvalue weighted by atomic mass is 9.94. The number of likely N-dealkylation sites (N-methyl/N-ethyl adjacent to an activating group) is 1. The van der Waals surface area contributed by atoms with Crippen molar-refractivity contribution in [3.63, 3.8) is 0 Å². The number of hydrogen-bond acceptors (Lipinski definition) is 4. The monoisotopic (exact) mass is 255 g/mol. The third-order valence-corrected chi connectivity index (χ3v) is 3.33. The van der Waals surface area contributed by atoms with E-state index < -0.39 is 5.54 Å². The zero-order valence-electron chi connectivity index (χ0n) is 12.6. The zero-order chi connectivity index (χ0) is 14.0. The van der Waals surface area contributed by atoms with Crippen molar-refractivity contribution in [1.29, 1.82) is 5.26 Å². The quantitative estimate of drug-likeness (QED) is 0.649. The summed E-state index contributed by atoms with van der Waals surface area (Å²) < 4.78 is 5.12. The average Bonchev–Trinajstić information content (AvgIpc) is 2.37. The molecule has 0 amide bonds. The van der Waals surface area contributed by atoms with Crippen LogP contribution in [0.2, 0.25) is 0 Å². The molecule has 106 valence electrons. The van der Waals surface area contributed by atoms with Gasteiger partial charge in [0.05, 0.1) is 12.7 Å². The summed E-state index contributed by atoms with van der Waals surface area (Å²) in [4.78, 5) is 2.35. The molecule has 4 nitrogen and oxygen atoms in total. The van der Waals surface area contributed by atoms with E-state index in [1.165, 1.54) is 0 Å². The highest BCUT2D eigenvalue weighted by atomic mass is 16.5. The average molecular weight is 255 g/mol. The first-order valence-electron chi connectivity index (χ1n) is 6.92. The van der Waals surface area contributed by atoms with Crippen molar-refractivity contribution in [2.45, 2.75) is 52.1 Å². The van der Waals surface area contributed by atoms with Crippen LogP contribution in [0.3, 0.4) is 0 Å². The van der Waals surface area contributed by atoms with Crippen LogP contribution in [-0.2, 0) is 4.74 Å². The van der Waals surface area contributed by atoms with E-state index in [0.717, 1.165) is 39.1 Å². The lowest BCUT2D eigenvalue weighted by Gasteiger charge is -2.33. The van der Waals surface area contributed by atoms with Crippen LogP contribution in [0.1, 0.15) is 40.5 Å². The van der Waals surface area contributed by atoms with Crippen molar-refractivity contribution in [2.75, 3.05) is 33.4 Å². The van der Waals surface area contributed by atoms with Gasteiger partial charge in [-0.1, -0.05) is 13.8 Å². The Morgan fingerprint density at radius 2 is 2.11 bits per heavy atom. The van der Waals surface area contributed by atoms with Crippen LogP contribution in [0.15, 0.2) is 0 Å². The van der Waals surface area contributed by atoms with E-state index in [4.69, 9.17) is 4.74 Å². The first kappa shape index (κ1) is 17.4. The van der Waals surface area contributed by atoms with Crippen molar-refractivity contribution in [3.05, 3.63) is 0 Å². The molecule has 0 aromatic carbocycles. The number of ether oxygens (including phenoxy) is 1. The van der Waals surface area contributed by atoms with Crippen molar-refractivity contribution in [3.8, 4) is 6.07 Å². The second-order valence-electron chi connectivity index (χ2n) is 5.05. The number of rotatable bonds is 10. The fraction of sp³-hybridized carbons (Fsp3) is 0.929. The summed E-state index contributed by atoms with van der Waals surface area (Å²) in [7, 11) is 1.72. The van der Waals surface area contributed by atoms with Crippen LogP contribution in [0.4, 0.5) is 0 Å². The summed E-state index contributed by atoms with van der Waals surface area (Å²) in [6.45, 7) is 12.0. The van der Waals surface area contributed by atoms with Crippen LogP contribution in [0, 0.1) is 11.3 Å². The Morgan fingerprint density at radius 1 is 1.44 bits per heavy atom. The number of nitrogens with zero attached hydrogens (tertiary/aromatic N) is 2. The van der Waals surface area contributed by atoms with E-state index in [9.17, 15) is 5.26 Å². The Bertz CT molecular complexity index is 252. The van der Waals surface area contributed by atoms with Crippen molar-refractivity contribution in [2.24, 2.45) is 0 Å². The van der Waals surface area contributed by atoms with Gasteiger partial charge in [-0.05, 0) is 39.8 Å². The molecule has 0 aliphatic carbocycles. The van der Waals surface area contributed by atoms with Gasteiger partial charge in [0.15, 0.2) is 0 Å². The van der Waals surface area contributed by atoms with Gasteiger partial charge in [-0.2, -0.15) is 5.26 Å². The maximum absolute atomic E-state index is 9.34. The normalized spacial score (nSPS) is 16.3. The molecule has 0 aliphatic rings. The van der Waals surface area contributed by atoms with E-state index >= 15 is 0 Å². The second kappa shape index (κ2) is 9.32. The maximum atomic E-state index is 9.34. The zero-order valence-corrected chi connectivity index (χ0v) is 12.6. The molecular formula is C14H29N3O. The summed E-state index contributed by atoms with van der Waals surface area (Å²) >= 11 is 0. The molecule has 0 fully saturated rings. The molecular weight excluding hydrogens is 226 g/mol. The highest BCUT2D eigenvalue weighted by molar-refractivity contribution is 5.05. The maximum Gasteiger partial charge on any atom is 0.105 e. The third kappa shape index (κ3) is 6.34. The van der Waals surface area contributed by atoms with Gasteiger partial charge < -0.3 is 4.74 Å². The summed E-state index contributed by atoms with van der Waals surface area (Å²) in [5, 5.41) is 12.7. The number of nitriles is 1. The Morgan fingerprint density at radius 3 is 2.56 bits per heavy atom. The summed E-state index contributed by atoms with van der Waals surface area (Å²) in [6, 6.07) is 2.78. The molecule has 2 unspecified atom stereocenters. The molecule has 0 spiro atoms. The molecule has 0 aromatic heterocycles. The predicted octanol–water partition coefficient (Wildman–Crippen LogP) is 2.02. The van der Waals surface area contributed by atoms with Crippen LogP contribution in [-0.4, -0.2) is 49.8 Å². The van der Waals surface area contributed by atoms with Crippen molar-refractivity contribution >= 4 is 0 Å². The Labute approximate surface area is 112 Å². The minimum absolute atomic E-state index is 0.374. The summed E-state index contributed by atoms with van der Waals surface area (Å²) in [6.07, 6.45) is 1.88. The molecule has 0 bridgehead atoms. The largest absolute Gasteiger partial charge is 0.383 e. The lowest BCUT2D eigenvalue weighted by Crippen LogP contribution is -2.48. The highest BCUT2D eigenvalue weighted by Gasteiger charge is 2.27. The van der Waals surface area contributed by atoms with E-state index in [2.05, 4.69) is 37.1 Å². The molecule has 1 N–H and O–H groups in total. The van der Waals surface area contributed by atoms with E-state index in [1.54, 1.807) is 7.11 Å². The third-order valence-electron chi connectivity index (χ3n) is 3.33. The van der Waals surface area contributed by atoms with Crippen LogP contribution < -0.4 is 5.32 Å². The first-order valence-corrected chi connectivity index (χ1v) is 6.92. The van der Waals surface area contributed by atoms with Gasteiger partial charge in [0.25, 0.3) is 0 Å². The minimum Gasteiger partial charge on any atom is -0.383 e. The number of methoxy groups -OCH3 is 1. The van der Waals surface area contributed by atoms with Gasteiger partial charge in [-0.3, -0.25) is 10.2 Å². The first-order chi connectivity index (χ1) is 8.52. The van der Waals surface area contributed by atoms with Gasteiger partial charge in [-0.15, -0.1) is 0 Å². The summed E-state index contributed by atoms with van der Waals surface area (Å²) in [5.74, 6) is 0. The number of hydrogen-bond donors (Lipinski definition) is 1. The molecule has 0 saturated heterocycles. The van der Waals surface area contributed by atoms with E-state index in [-0.39, 0.29) is 0 Å². The standard InChI is InChI=1S/C14H29N3O/c1-6-8-16-14(4,12-15)11-13(3)17(7-2)9-10-18-5/h13,16H,6-11H2,1-5H3. The van der Waals surface area contributed by atoms with Gasteiger partial charge in [0.1, 0.15) is 5.54 Å². The van der Waals surface area contributed by atoms with Gasteiger partial charge in [0.2, 0.25) is 0 Å². The second-order valence-corrected chi connectivity index (χ2v) is 5.05. The van der Waals surface area contributed by atoms with Crippen LogP contribution in [0.25, 0.3) is 0 Å². The fourth-order valence-electron chi connectivity index (χ4n) is 2.18. The topological polar surface area (TPSA) is 48.3 Å². The Balaban J connectivity index is 4.38. The SMILES string of the molecule is CCCNC(C)(C#N)CC(C)N(CC)CCOC. The molecule has 0 saturated carbocycles. The minimum atomic E-state index is -0.435. The smallest absolute Gasteiger partial charge is 0.105 e. The Hall–Kier alpha value is -0.630. The fourth-order valence-corrected chi connectivity index (χ4v) is 2.18. The Kier molecular flexibility index (Phi) is 8.99. The lowest BCUT2D eigenvalue weighted by molar-refractivity contribution is 0.117. The summed E-state index contributed by atoms with van der Waals surface area (Å²) in [5.41, 5.74) is -0.435. The van der Waals surface area contributed by atoms with Gasteiger partial charge in [0, 0.05) is 19.7 Å². The van der Waals surface area contributed by atoms with Crippen molar-refractivity contribution in [1.82, 2.24) is 10.2 Å². The van der Waals surface area contributed by atoms with Crippen LogP contribution >= 0.6 is 0 Å². The molecule has 0 aromatic rings.